The summed E-state index contributed by atoms with van der Waals surface area (Å²) >= 11 is 0. The van der Waals surface area contributed by atoms with E-state index in [9.17, 15) is 0 Å². The molecule has 0 aliphatic carbocycles. The zero-order valence-electron chi connectivity index (χ0n) is 6.27. The summed E-state index contributed by atoms with van der Waals surface area (Å²) in [7, 11) is 0. The highest BCUT2D eigenvalue weighted by Gasteiger charge is 2.00. The summed E-state index contributed by atoms with van der Waals surface area (Å²) in [6.45, 7) is 6.55. The van der Waals surface area contributed by atoms with E-state index < -0.39 is 0 Å². The number of hydrazone groups is 1. The maximum absolute atomic E-state index is 4.94. The van der Waals surface area contributed by atoms with Crippen molar-refractivity contribution in [2.75, 3.05) is 6.73 Å². The maximum atomic E-state index is 4.94. The molecule has 1 aliphatic heterocycles. The Hall–Kier alpha value is -0.730. The van der Waals surface area contributed by atoms with Gasteiger partial charge in [0.2, 0.25) is 5.90 Å². The van der Waals surface area contributed by atoms with Crippen molar-refractivity contribution in [1.29, 1.82) is 0 Å². The van der Waals surface area contributed by atoms with Crippen LogP contribution >= 0.6 is 0 Å². The second-order valence-corrected chi connectivity index (χ2v) is 1.31. The Morgan fingerprint density at radius 1 is 1.67 bits per heavy atom. The minimum absolute atomic E-state index is 0.545. The minimum atomic E-state index is 0.545. The molecule has 0 bridgehead atoms. The highest BCUT2D eigenvalue weighted by Crippen LogP contribution is 1.91. The van der Waals surface area contributed by atoms with Gasteiger partial charge in [0.1, 0.15) is 0 Å². The van der Waals surface area contributed by atoms with Crippen molar-refractivity contribution in [3.63, 3.8) is 0 Å². The van der Waals surface area contributed by atoms with Crippen molar-refractivity contribution in [2.24, 2.45) is 5.10 Å². The van der Waals surface area contributed by atoms with Crippen molar-refractivity contribution in [3.05, 3.63) is 0 Å². The van der Waals surface area contributed by atoms with E-state index in [2.05, 4.69) is 10.5 Å². The van der Waals surface area contributed by atoms with E-state index in [4.69, 9.17) is 4.74 Å². The lowest BCUT2D eigenvalue weighted by Crippen LogP contribution is -2.00. The molecule has 0 aromatic rings. The summed E-state index contributed by atoms with van der Waals surface area (Å²) in [6.07, 6.45) is 0.882. The van der Waals surface area contributed by atoms with Crippen LogP contribution in [0.2, 0.25) is 0 Å². The van der Waals surface area contributed by atoms with Gasteiger partial charge in [0, 0.05) is 6.42 Å². The van der Waals surface area contributed by atoms with Crippen molar-refractivity contribution in [2.45, 2.75) is 27.2 Å². The lowest BCUT2D eigenvalue weighted by molar-refractivity contribution is 0.310. The van der Waals surface area contributed by atoms with Crippen LogP contribution in [0.15, 0.2) is 5.10 Å². The van der Waals surface area contributed by atoms with Gasteiger partial charge in [-0.15, -0.1) is 5.10 Å². The molecule has 1 heterocycles. The van der Waals surface area contributed by atoms with Gasteiger partial charge < -0.3 is 4.74 Å². The molecule has 0 saturated heterocycles. The topological polar surface area (TPSA) is 33.6 Å². The van der Waals surface area contributed by atoms with Crippen molar-refractivity contribution >= 4 is 5.90 Å². The zero-order valence-corrected chi connectivity index (χ0v) is 6.27. The molecule has 0 fully saturated rings. The first-order valence-electron chi connectivity index (χ1n) is 3.35. The fraction of sp³-hybridized carbons (Fsp3) is 0.833. The molecule has 0 unspecified atom stereocenters. The second kappa shape index (κ2) is 5.41. The van der Waals surface area contributed by atoms with E-state index >= 15 is 0 Å². The van der Waals surface area contributed by atoms with Crippen LogP contribution < -0.4 is 5.43 Å². The summed E-state index contributed by atoms with van der Waals surface area (Å²) in [4.78, 5) is 0. The third-order valence-corrected chi connectivity index (χ3v) is 0.810. The first-order valence-corrected chi connectivity index (χ1v) is 3.35. The van der Waals surface area contributed by atoms with Crippen LogP contribution in [0.4, 0.5) is 0 Å². The summed E-state index contributed by atoms with van der Waals surface area (Å²) in [5.41, 5.74) is 2.69. The molecule has 54 valence electrons. The van der Waals surface area contributed by atoms with Crippen LogP contribution in [0.3, 0.4) is 0 Å². The van der Waals surface area contributed by atoms with E-state index in [1.807, 2.05) is 20.8 Å². The van der Waals surface area contributed by atoms with E-state index in [1.54, 1.807) is 0 Å². The van der Waals surface area contributed by atoms with E-state index in [-0.39, 0.29) is 0 Å². The standard InChI is InChI=1S/C4H8N2O.C2H6/c1-2-4-6-5-3-7-4;1-2/h5H,2-3H2,1H3;1-2H3. The summed E-state index contributed by atoms with van der Waals surface area (Å²) in [5.74, 6) is 0.806. The highest BCUT2D eigenvalue weighted by atomic mass is 16.5. The van der Waals surface area contributed by atoms with Gasteiger partial charge in [0.05, 0.1) is 0 Å². The third-order valence-electron chi connectivity index (χ3n) is 0.810. The molecule has 0 spiro atoms. The smallest absolute Gasteiger partial charge is 0.207 e. The van der Waals surface area contributed by atoms with E-state index in [0.717, 1.165) is 12.3 Å². The van der Waals surface area contributed by atoms with Gasteiger partial charge in [-0.2, -0.15) is 0 Å². The lowest BCUT2D eigenvalue weighted by atomic mass is 10.5. The quantitative estimate of drug-likeness (QED) is 0.580. The number of nitrogens with one attached hydrogen (secondary N) is 1. The predicted molar refractivity (Wildman–Crippen MR) is 38.2 cm³/mol. The molecule has 0 saturated carbocycles. The van der Waals surface area contributed by atoms with Crippen LogP contribution in [0.25, 0.3) is 0 Å². The first kappa shape index (κ1) is 8.27. The van der Waals surface area contributed by atoms with Gasteiger partial charge in [0.25, 0.3) is 0 Å². The normalized spacial score (nSPS) is 14.3. The number of hydrogen-bond acceptors (Lipinski definition) is 3. The van der Waals surface area contributed by atoms with Crippen LogP contribution in [-0.4, -0.2) is 12.6 Å². The van der Waals surface area contributed by atoms with Gasteiger partial charge in [-0.05, 0) is 0 Å². The second-order valence-electron chi connectivity index (χ2n) is 1.31. The molecule has 3 nitrogen and oxygen atoms in total. The van der Waals surface area contributed by atoms with Crippen LogP contribution in [0, 0.1) is 0 Å². The average Bonchev–Trinajstić information content (AvgIpc) is 2.43. The molecule has 0 aromatic heterocycles. The molecule has 3 heteroatoms. The number of ether oxygens (including phenoxy) is 1. The van der Waals surface area contributed by atoms with Crippen LogP contribution in [0.5, 0.6) is 0 Å². The van der Waals surface area contributed by atoms with Gasteiger partial charge in [-0.1, -0.05) is 20.8 Å². The zero-order chi connectivity index (χ0) is 7.11. The molecule has 0 aromatic carbocycles. The summed E-state index contributed by atoms with van der Waals surface area (Å²) < 4.78 is 4.94. The molecule has 1 rings (SSSR count). The number of nitrogens with zero attached hydrogens (tertiary/aromatic N) is 1. The maximum Gasteiger partial charge on any atom is 0.207 e. The van der Waals surface area contributed by atoms with Crippen molar-refractivity contribution in [1.82, 2.24) is 5.43 Å². The molecule has 0 radical (unpaired) electrons. The molecular weight excluding hydrogens is 116 g/mol. The number of hydrogen-bond donors (Lipinski definition) is 1. The Morgan fingerprint density at radius 3 is 2.56 bits per heavy atom. The van der Waals surface area contributed by atoms with Gasteiger partial charge in [-0.25, -0.2) is 0 Å². The monoisotopic (exact) mass is 130 g/mol. The Balaban J connectivity index is 0.000000291. The molecule has 1 N–H and O–H groups in total. The SMILES string of the molecule is CC.CCC1=NNCO1. The van der Waals surface area contributed by atoms with Gasteiger partial charge >= 0.3 is 0 Å². The Kier molecular flexibility index (Phi) is 4.97. The Bertz CT molecular complexity index is 91.1. The van der Waals surface area contributed by atoms with E-state index in [0.29, 0.717) is 6.73 Å². The summed E-state index contributed by atoms with van der Waals surface area (Å²) in [5, 5.41) is 3.80. The fourth-order valence-corrected chi connectivity index (χ4v) is 0.449. The minimum Gasteiger partial charge on any atom is -0.457 e. The largest absolute Gasteiger partial charge is 0.457 e. The Labute approximate surface area is 56.1 Å². The van der Waals surface area contributed by atoms with E-state index in [1.165, 1.54) is 0 Å². The molecule has 9 heavy (non-hydrogen) atoms. The van der Waals surface area contributed by atoms with Crippen LogP contribution in [0.1, 0.15) is 27.2 Å². The lowest BCUT2D eigenvalue weighted by Gasteiger charge is -1.89. The molecule has 1 aliphatic rings. The number of rotatable bonds is 1. The van der Waals surface area contributed by atoms with Gasteiger partial charge in [-0.3, -0.25) is 5.43 Å². The summed E-state index contributed by atoms with van der Waals surface area (Å²) in [6, 6.07) is 0. The van der Waals surface area contributed by atoms with Crippen molar-refractivity contribution in [3.8, 4) is 0 Å². The predicted octanol–water partition coefficient (Wildman–Crippen LogP) is 1.31. The highest BCUT2D eigenvalue weighted by molar-refractivity contribution is 5.76. The molecular formula is C6H14N2O. The third kappa shape index (κ3) is 2.95. The molecule has 0 amide bonds. The first-order chi connectivity index (χ1) is 4.43. The molecule has 0 atom stereocenters. The van der Waals surface area contributed by atoms with Crippen molar-refractivity contribution < 1.29 is 4.74 Å². The average molecular weight is 130 g/mol. The van der Waals surface area contributed by atoms with Crippen LogP contribution in [-0.2, 0) is 4.74 Å². The van der Waals surface area contributed by atoms with Gasteiger partial charge in [0.15, 0.2) is 6.73 Å². The Morgan fingerprint density at radius 2 is 2.33 bits per heavy atom. The fourth-order valence-electron chi connectivity index (χ4n) is 0.449.